The van der Waals surface area contributed by atoms with Gasteiger partial charge < -0.3 is 4.90 Å². The molecule has 1 aliphatic heterocycles. The molecule has 0 aliphatic carbocycles. The van der Waals surface area contributed by atoms with E-state index < -0.39 is 0 Å². The fourth-order valence-corrected chi connectivity index (χ4v) is 1.60. The summed E-state index contributed by atoms with van der Waals surface area (Å²) in [6.45, 7) is 8.93. The van der Waals surface area contributed by atoms with E-state index in [1.54, 1.807) is 6.92 Å². The molecule has 0 aromatic heterocycles. The van der Waals surface area contributed by atoms with Crippen molar-refractivity contribution >= 4 is 5.91 Å². The number of hydrogen-bond donors (Lipinski definition) is 0. The van der Waals surface area contributed by atoms with Crippen molar-refractivity contribution in [1.29, 1.82) is 0 Å². The van der Waals surface area contributed by atoms with Gasteiger partial charge in [0.1, 0.15) is 0 Å². The maximum absolute atomic E-state index is 11.0. The van der Waals surface area contributed by atoms with Crippen molar-refractivity contribution in [2.45, 2.75) is 20.3 Å². The molecule has 12 heavy (non-hydrogen) atoms. The van der Waals surface area contributed by atoms with E-state index >= 15 is 0 Å². The third kappa shape index (κ3) is 2.48. The molecule has 0 atom stereocenters. The van der Waals surface area contributed by atoms with Gasteiger partial charge in [-0.3, -0.25) is 9.69 Å². The molecule has 0 aromatic carbocycles. The fraction of sp³-hybridized carbons (Fsp3) is 0.889. The molecule has 3 nitrogen and oxygen atoms in total. The molecule has 0 radical (unpaired) electrons. The van der Waals surface area contributed by atoms with Crippen LogP contribution in [0.1, 0.15) is 20.3 Å². The molecule has 0 saturated carbocycles. The van der Waals surface area contributed by atoms with E-state index in [9.17, 15) is 4.79 Å². The maximum atomic E-state index is 11.0. The smallest absolute Gasteiger partial charge is 0.219 e. The second-order valence-electron chi connectivity index (χ2n) is 3.35. The van der Waals surface area contributed by atoms with Crippen LogP contribution in [0.3, 0.4) is 0 Å². The molecule has 0 bridgehead atoms. The van der Waals surface area contributed by atoms with E-state index in [4.69, 9.17) is 0 Å². The molecule has 0 aromatic rings. The van der Waals surface area contributed by atoms with Crippen molar-refractivity contribution in [3.8, 4) is 0 Å². The van der Waals surface area contributed by atoms with E-state index in [2.05, 4.69) is 11.8 Å². The third-order valence-corrected chi connectivity index (χ3v) is 2.36. The minimum absolute atomic E-state index is 0.214. The summed E-state index contributed by atoms with van der Waals surface area (Å²) in [6.07, 6.45) is 1.21. The van der Waals surface area contributed by atoms with Crippen LogP contribution < -0.4 is 0 Å². The number of nitrogens with zero attached hydrogens (tertiary/aromatic N) is 2. The highest BCUT2D eigenvalue weighted by Gasteiger charge is 2.16. The SMILES string of the molecule is CCCN1CCN(C(C)=O)CC1. The van der Waals surface area contributed by atoms with Crippen molar-refractivity contribution in [2.24, 2.45) is 0 Å². The summed E-state index contributed by atoms with van der Waals surface area (Å²) in [5.74, 6) is 0.214. The van der Waals surface area contributed by atoms with Crippen molar-refractivity contribution in [3.63, 3.8) is 0 Å². The predicted molar refractivity (Wildman–Crippen MR) is 49.0 cm³/mol. The van der Waals surface area contributed by atoms with Crippen molar-refractivity contribution in [3.05, 3.63) is 0 Å². The summed E-state index contributed by atoms with van der Waals surface area (Å²) in [5, 5.41) is 0. The van der Waals surface area contributed by atoms with Crippen LogP contribution in [0, 0.1) is 0 Å². The number of hydrogen-bond acceptors (Lipinski definition) is 2. The van der Waals surface area contributed by atoms with Gasteiger partial charge in [-0.2, -0.15) is 0 Å². The van der Waals surface area contributed by atoms with Crippen LogP contribution in [0.15, 0.2) is 0 Å². The van der Waals surface area contributed by atoms with Gasteiger partial charge in [0.2, 0.25) is 5.91 Å². The van der Waals surface area contributed by atoms with Crippen LogP contribution in [-0.2, 0) is 4.79 Å². The van der Waals surface area contributed by atoms with Crippen LogP contribution >= 0.6 is 0 Å². The van der Waals surface area contributed by atoms with Crippen molar-refractivity contribution in [2.75, 3.05) is 32.7 Å². The molecular formula is C9H18N2O. The Bertz CT molecular complexity index is 151. The summed E-state index contributed by atoms with van der Waals surface area (Å²) in [6, 6.07) is 0. The molecule has 3 heteroatoms. The van der Waals surface area contributed by atoms with Crippen LogP contribution in [-0.4, -0.2) is 48.4 Å². The standard InChI is InChI=1S/C9H18N2O/c1-3-4-10-5-7-11(8-6-10)9(2)12/h3-8H2,1-2H3. The molecule has 0 N–H and O–H groups in total. The summed E-state index contributed by atoms with van der Waals surface area (Å²) in [4.78, 5) is 15.3. The monoisotopic (exact) mass is 170 g/mol. The summed E-state index contributed by atoms with van der Waals surface area (Å²) >= 11 is 0. The maximum Gasteiger partial charge on any atom is 0.219 e. The van der Waals surface area contributed by atoms with Crippen molar-refractivity contribution in [1.82, 2.24) is 9.80 Å². The molecule has 0 unspecified atom stereocenters. The van der Waals surface area contributed by atoms with E-state index in [0.29, 0.717) is 0 Å². The Labute approximate surface area is 74.3 Å². The van der Waals surface area contributed by atoms with E-state index in [-0.39, 0.29) is 5.91 Å². The van der Waals surface area contributed by atoms with Gasteiger partial charge in [-0.05, 0) is 13.0 Å². The molecule has 1 rings (SSSR count). The molecule has 70 valence electrons. The van der Waals surface area contributed by atoms with Gasteiger partial charge in [0.15, 0.2) is 0 Å². The Hall–Kier alpha value is -0.570. The second kappa shape index (κ2) is 4.45. The Kier molecular flexibility index (Phi) is 3.53. The number of rotatable bonds is 2. The average Bonchev–Trinajstić information content (AvgIpc) is 2.06. The normalized spacial score (nSPS) is 19.7. The summed E-state index contributed by atoms with van der Waals surface area (Å²) < 4.78 is 0. The van der Waals surface area contributed by atoms with Crippen LogP contribution in [0.4, 0.5) is 0 Å². The third-order valence-electron chi connectivity index (χ3n) is 2.36. The van der Waals surface area contributed by atoms with Crippen LogP contribution in [0.25, 0.3) is 0 Å². The van der Waals surface area contributed by atoms with Crippen LogP contribution in [0.2, 0.25) is 0 Å². The quantitative estimate of drug-likeness (QED) is 0.604. The highest BCUT2D eigenvalue weighted by atomic mass is 16.2. The molecular weight excluding hydrogens is 152 g/mol. The van der Waals surface area contributed by atoms with E-state index in [0.717, 1.165) is 26.2 Å². The Balaban J connectivity index is 2.25. The Morgan fingerprint density at radius 2 is 1.83 bits per heavy atom. The van der Waals surface area contributed by atoms with E-state index in [1.165, 1.54) is 13.0 Å². The van der Waals surface area contributed by atoms with E-state index in [1.807, 2.05) is 4.90 Å². The summed E-state index contributed by atoms with van der Waals surface area (Å²) in [7, 11) is 0. The highest BCUT2D eigenvalue weighted by molar-refractivity contribution is 5.73. The first-order chi connectivity index (χ1) is 5.74. The largest absolute Gasteiger partial charge is 0.340 e. The van der Waals surface area contributed by atoms with Gasteiger partial charge in [-0.1, -0.05) is 6.92 Å². The zero-order chi connectivity index (χ0) is 8.97. The van der Waals surface area contributed by atoms with Gasteiger partial charge in [0.25, 0.3) is 0 Å². The number of carbonyl (C=O) groups is 1. The van der Waals surface area contributed by atoms with Gasteiger partial charge >= 0.3 is 0 Å². The highest BCUT2D eigenvalue weighted by Crippen LogP contribution is 2.01. The minimum atomic E-state index is 0.214. The predicted octanol–water partition coefficient (Wildman–Crippen LogP) is 0.560. The first-order valence-corrected chi connectivity index (χ1v) is 4.72. The number of piperazine rings is 1. The van der Waals surface area contributed by atoms with Gasteiger partial charge in [-0.25, -0.2) is 0 Å². The average molecular weight is 170 g/mol. The van der Waals surface area contributed by atoms with Gasteiger partial charge in [0, 0.05) is 33.1 Å². The summed E-state index contributed by atoms with van der Waals surface area (Å²) in [5.41, 5.74) is 0. The minimum Gasteiger partial charge on any atom is -0.340 e. The van der Waals surface area contributed by atoms with Gasteiger partial charge in [-0.15, -0.1) is 0 Å². The first kappa shape index (κ1) is 9.52. The van der Waals surface area contributed by atoms with Crippen molar-refractivity contribution < 1.29 is 4.79 Å². The molecule has 0 spiro atoms. The molecule has 1 amide bonds. The molecule has 1 aliphatic rings. The molecule has 1 heterocycles. The zero-order valence-corrected chi connectivity index (χ0v) is 8.05. The fourth-order valence-electron chi connectivity index (χ4n) is 1.60. The lowest BCUT2D eigenvalue weighted by Crippen LogP contribution is -2.48. The van der Waals surface area contributed by atoms with Gasteiger partial charge in [0.05, 0.1) is 0 Å². The topological polar surface area (TPSA) is 23.6 Å². The second-order valence-corrected chi connectivity index (χ2v) is 3.35. The lowest BCUT2D eigenvalue weighted by molar-refractivity contribution is -0.130. The molecule has 1 saturated heterocycles. The lowest BCUT2D eigenvalue weighted by Gasteiger charge is -2.33. The van der Waals surface area contributed by atoms with Crippen LogP contribution in [0.5, 0.6) is 0 Å². The number of carbonyl (C=O) groups excluding carboxylic acids is 1. The lowest BCUT2D eigenvalue weighted by atomic mass is 10.3. The first-order valence-electron chi connectivity index (χ1n) is 4.72. The number of amides is 1. The zero-order valence-electron chi connectivity index (χ0n) is 8.05. The Morgan fingerprint density at radius 1 is 1.25 bits per heavy atom. The molecule has 1 fully saturated rings. The Morgan fingerprint density at radius 3 is 2.25 bits per heavy atom.